The zero-order chi connectivity index (χ0) is 14.2. The highest BCUT2D eigenvalue weighted by Gasteiger charge is 2.21. The first-order valence-corrected chi connectivity index (χ1v) is 7.59. The third kappa shape index (κ3) is 2.19. The molecular formula is C16H12FN3S. The Hall–Kier alpha value is -2.27. The molecule has 3 aromatic rings. The van der Waals surface area contributed by atoms with Gasteiger partial charge in [-0.15, -0.1) is 0 Å². The predicted molar refractivity (Wildman–Crippen MR) is 84.5 cm³/mol. The summed E-state index contributed by atoms with van der Waals surface area (Å²) < 4.78 is 15.0. The van der Waals surface area contributed by atoms with Crippen molar-refractivity contribution in [3.8, 4) is 0 Å². The van der Waals surface area contributed by atoms with Crippen LogP contribution in [0.25, 0.3) is 10.2 Å². The maximum atomic E-state index is 13.9. The Morgan fingerprint density at radius 1 is 1.10 bits per heavy atom. The lowest BCUT2D eigenvalue weighted by Crippen LogP contribution is -2.02. The van der Waals surface area contributed by atoms with Gasteiger partial charge in [0.25, 0.3) is 0 Å². The molecule has 0 atom stereocenters. The second-order valence-corrected chi connectivity index (χ2v) is 5.96. The van der Waals surface area contributed by atoms with E-state index in [2.05, 4.69) is 15.5 Å². The average molecular weight is 297 g/mol. The van der Waals surface area contributed by atoms with Crippen molar-refractivity contribution in [3.63, 3.8) is 0 Å². The van der Waals surface area contributed by atoms with Crippen LogP contribution >= 0.6 is 11.3 Å². The minimum atomic E-state index is -0.199. The number of nitrogens with zero attached hydrogens (tertiary/aromatic N) is 2. The summed E-state index contributed by atoms with van der Waals surface area (Å²) in [5.74, 6) is -0.199. The number of aryl methyl sites for hydroxylation is 1. The van der Waals surface area contributed by atoms with E-state index in [4.69, 9.17) is 0 Å². The highest BCUT2D eigenvalue weighted by Crippen LogP contribution is 2.27. The van der Waals surface area contributed by atoms with Gasteiger partial charge in [0.15, 0.2) is 0 Å². The summed E-state index contributed by atoms with van der Waals surface area (Å²) in [6.07, 6.45) is 1.60. The quantitative estimate of drug-likeness (QED) is 0.720. The summed E-state index contributed by atoms with van der Waals surface area (Å²) in [7, 11) is 0. The van der Waals surface area contributed by atoms with E-state index in [0.717, 1.165) is 39.5 Å². The molecule has 21 heavy (non-hydrogen) atoms. The molecule has 4 rings (SSSR count). The van der Waals surface area contributed by atoms with Crippen LogP contribution in [0.3, 0.4) is 0 Å². The van der Waals surface area contributed by atoms with Crippen LogP contribution in [0.4, 0.5) is 9.52 Å². The Morgan fingerprint density at radius 3 is 2.90 bits per heavy atom. The van der Waals surface area contributed by atoms with Gasteiger partial charge in [-0.25, -0.2) is 9.37 Å². The van der Waals surface area contributed by atoms with E-state index >= 15 is 0 Å². The Labute approximate surface area is 125 Å². The fraction of sp³-hybridized carbons (Fsp3) is 0.125. The number of anilines is 1. The van der Waals surface area contributed by atoms with Crippen LogP contribution in [-0.4, -0.2) is 10.7 Å². The second kappa shape index (κ2) is 4.93. The monoisotopic (exact) mass is 297 g/mol. The van der Waals surface area contributed by atoms with Gasteiger partial charge in [-0.1, -0.05) is 35.6 Å². The van der Waals surface area contributed by atoms with Gasteiger partial charge >= 0.3 is 0 Å². The van der Waals surface area contributed by atoms with Gasteiger partial charge < -0.3 is 0 Å². The summed E-state index contributed by atoms with van der Waals surface area (Å²) in [6.45, 7) is 0. The first-order valence-electron chi connectivity index (χ1n) is 6.77. The molecule has 1 aliphatic carbocycles. The fourth-order valence-electron chi connectivity index (χ4n) is 2.63. The smallest absolute Gasteiger partial charge is 0.204 e. The molecule has 0 amide bonds. The van der Waals surface area contributed by atoms with E-state index in [9.17, 15) is 4.39 Å². The van der Waals surface area contributed by atoms with E-state index in [1.807, 2.05) is 30.3 Å². The number of nitrogens with one attached hydrogen (secondary N) is 1. The molecule has 1 N–H and O–H groups in total. The molecule has 0 saturated carbocycles. The van der Waals surface area contributed by atoms with Gasteiger partial charge in [0, 0.05) is 5.56 Å². The summed E-state index contributed by atoms with van der Waals surface area (Å²) in [4.78, 5) is 4.46. The predicted octanol–water partition coefficient (Wildman–Crippen LogP) is 4.20. The minimum absolute atomic E-state index is 0.199. The number of hydrogen-bond acceptors (Lipinski definition) is 4. The van der Waals surface area contributed by atoms with E-state index in [1.54, 1.807) is 17.4 Å². The van der Waals surface area contributed by atoms with Crippen LogP contribution in [0, 0.1) is 5.82 Å². The highest BCUT2D eigenvalue weighted by molar-refractivity contribution is 7.22. The van der Waals surface area contributed by atoms with Gasteiger partial charge in [-0.3, -0.25) is 5.43 Å². The molecule has 0 saturated heterocycles. The molecule has 0 spiro atoms. The number of thiazole rings is 1. The number of fused-ring (bicyclic) bond motifs is 2. The van der Waals surface area contributed by atoms with Crippen molar-refractivity contribution in [1.82, 2.24) is 4.98 Å². The lowest BCUT2D eigenvalue weighted by atomic mass is 10.1. The van der Waals surface area contributed by atoms with Crippen LogP contribution in [0.1, 0.15) is 17.5 Å². The van der Waals surface area contributed by atoms with Crippen LogP contribution in [-0.2, 0) is 6.42 Å². The summed E-state index contributed by atoms with van der Waals surface area (Å²) in [6, 6.07) is 13.1. The van der Waals surface area contributed by atoms with Crippen LogP contribution < -0.4 is 5.43 Å². The largest absolute Gasteiger partial charge is 0.252 e. The third-order valence-electron chi connectivity index (χ3n) is 3.60. The normalized spacial score (nSPS) is 15.6. The first-order chi connectivity index (χ1) is 10.3. The van der Waals surface area contributed by atoms with Crippen molar-refractivity contribution in [2.45, 2.75) is 12.8 Å². The number of hydrazone groups is 1. The van der Waals surface area contributed by atoms with Gasteiger partial charge in [-0.05, 0) is 36.6 Å². The van der Waals surface area contributed by atoms with Gasteiger partial charge in [0.05, 0.1) is 15.9 Å². The standard InChI is InChI=1S/C16H12FN3S/c17-11-5-3-4-10-8-9-13(15(10)11)19-20-16-18-12-6-1-2-7-14(12)21-16/h1-7H,8-9H2,(H,18,20)/b19-13-. The molecule has 1 aliphatic rings. The lowest BCUT2D eigenvalue weighted by Gasteiger charge is -2.02. The zero-order valence-corrected chi connectivity index (χ0v) is 12.0. The minimum Gasteiger partial charge on any atom is -0.252 e. The van der Waals surface area contributed by atoms with E-state index in [0.29, 0.717) is 5.56 Å². The molecule has 2 aromatic carbocycles. The molecule has 104 valence electrons. The number of para-hydroxylation sites is 1. The van der Waals surface area contributed by atoms with E-state index in [-0.39, 0.29) is 5.82 Å². The van der Waals surface area contributed by atoms with Crippen LogP contribution in [0.5, 0.6) is 0 Å². The average Bonchev–Trinajstić information content (AvgIpc) is 3.09. The Kier molecular flexibility index (Phi) is 2.93. The molecule has 0 aliphatic heterocycles. The highest BCUT2D eigenvalue weighted by atomic mass is 32.1. The first kappa shape index (κ1) is 12.5. The summed E-state index contributed by atoms with van der Waals surface area (Å²) in [5.41, 5.74) is 6.36. The van der Waals surface area contributed by atoms with E-state index < -0.39 is 0 Å². The number of hydrogen-bond donors (Lipinski definition) is 1. The van der Waals surface area contributed by atoms with Crippen molar-refractivity contribution < 1.29 is 4.39 Å². The van der Waals surface area contributed by atoms with Crippen molar-refractivity contribution >= 4 is 32.4 Å². The van der Waals surface area contributed by atoms with Crippen LogP contribution in [0.2, 0.25) is 0 Å². The zero-order valence-electron chi connectivity index (χ0n) is 11.1. The molecule has 0 bridgehead atoms. The van der Waals surface area contributed by atoms with Gasteiger partial charge in [0.2, 0.25) is 5.13 Å². The van der Waals surface area contributed by atoms with Crippen molar-refractivity contribution in [3.05, 3.63) is 59.4 Å². The van der Waals surface area contributed by atoms with Crippen molar-refractivity contribution in [1.29, 1.82) is 0 Å². The maximum Gasteiger partial charge on any atom is 0.204 e. The van der Waals surface area contributed by atoms with Crippen molar-refractivity contribution in [2.75, 3.05) is 5.43 Å². The Bertz CT molecular complexity index is 821. The topological polar surface area (TPSA) is 37.3 Å². The van der Waals surface area contributed by atoms with E-state index in [1.165, 1.54) is 6.07 Å². The molecule has 0 radical (unpaired) electrons. The van der Waals surface area contributed by atoms with Crippen LogP contribution in [0.15, 0.2) is 47.6 Å². The Balaban J connectivity index is 1.65. The molecule has 3 nitrogen and oxygen atoms in total. The summed E-state index contributed by atoms with van der Waals surface area (Å²) in [5, 5.41) is 5.10. The molecule has 1 heterocycles. The van der Waals surface area contributed by atoms with Gasteiger partial charge in [-0.2, -0.15) is 5.10 Å². The molecule has 0 unspecified atom stereocenters. The second-order valence-electron chi connectivity index (χ2n) is 4.93. The number of aromatic nitrogens is 1. The number of benzene rings is 2. The molecular weight excluding hydrogens is 285 g/mol. The molecule has 1 aromatic heterocycles. The van der Waals surface area contributed by atoms with Crippen molar-refractivity contribution in [2.24, 2.45) is 5.10 Å². The number of halogens is 1. The molecule has 5 heteroatoms. The molecule has 0 fully saturated rings. The van der Waals surface area contributed by atoms with Gasteiger partial charge in [0.1, 0.15) is 5.82 Å². The third-order valence-corrected chi connectivity index (χ3v) is 4.54. The maximum absolute atomic E-state index is 13.9. The summed E-state index contributed by atoms with van der Waals surface area (Å²) >= 11 is 1.54. The Morgan fingerprint density at radius 2 is 2.00 bits per heavy atom. The fourth-order valence-corrected chi connectivity index (χ4v) is 3.43. The number of rotatable bonds is 2. The lowest BCUT2D eigenvalue weighted by molar-refractivity contribution is 0.624. The SMILES string of the molecule is Fc1cccc2c1/C(=N\Nc1nc3ccccc3s1)CC2.